The molecule has 3 heteroatoms. The first-order valence-corrected chi connectivity index (χ1v) is 4.90. The molecule has 0 bridgehead atoms. The summed E-state index contributed by atoms with van der Waals surface area (Å²) in [5.74, 6) is 0.342. The average molecular weight is 191 g/mol. The number of carbonyl (C=O) groups excluding carboxylic acids is 1. The van der Waals surface area contributed by atoms with E-state index in [0.29, 0.717) is 13.2 Å². The molecule has 3 nitrogen and oxygen atoms in total. The van der Waals surface area contributed by atoms with Crippen molar-refractivity contribution in [3.05, 3.63) is 30.1 Å². The molecule has 1 aliphatic rings. The molecule has 1 fully saturated rings. The second kappa shape index (κ2) is 4.33. The third-order valence-electron chi connectivity index (χ3n) is 2.54. The molecule has 2 heterocycles. The van der Waals surface area contributed by atoms with Gasteiger partial charge in [0.15, 0.2) is 5.78 Å². The van der Waals surface area contributed by atoms with Crippen LogP contribution in [0.4, 0.5) is 0 Å². The highest BCUT2D eigenvalue weighted by molar-refractivity contribution is 5.97. The molecular formula is C11H13NO2. The van der Waals surface area contributed by atoms with Crippen LogP contribution in [0.1, 0.15) is 23.2 Å². The molecule has 0 spiro atoms. The third-order valence-corrected chi connectivity index (χ3v) is 2.54. The van der Waals surface area contributed by atoms with E-state index in [1.54, 1.807) is 18.5 Å². The predicted octanol–water partition coefficient (Wildman–Crippen LogP) is 1.69. The second-order valence-corrected chi connectivity index (χ2v) is 3.49. The van der Waals surface area contributed by atoms with Crippen LogP contribution in [0.15, 0.2) is 24.5 Å². The minimum atomic E-state index is 0.132. The smallest absolute Gasteiger partial charge is 0.167 e. The summed E-state index contributed by atoms with van der Waals surface area (Å²) in [5, 5.41) is 0. The molecule has 0 aliphatic carbocycles. The van der Waals surface area contributed by atoms with Crippen molar-refractivity contribution >= 4 is 5.78 Å². The highest BCUT2D eigenvalue weighted by atomic mass is 16.5. The van der Waals surface area contributed by atoms with Gasteiger partial charge in [-0.05, 0) is 25.0 Å². The maximum atomic E-state index is 11.9. The molecule has 1 aliphatic heterocycles. The minimum absolute atomic E-state index is 0.132. The summed E-state index contributed by atoms with van der Waals surface area (Å²) in [4.78, 5) is 15.9. The Bertz CT molecular complexity index is 304. The molecule has 1 aromatic heterocycles. The molecule has 14 heavy (non-hydrogen) atoms. The largest absolute Gasteiger partial charge is 0.381 e. The lowest BCUT2D eigenvalue weighted by Crippen LogP contribution is -2.23. The number of hydrogen-bond donors (Lipinski definition) is 0. The summed E-state index contributed by atoms with van der Waals surface area (Å²) in [6, 6.07) is 3.62. The van der Waals surface area contributed by atoms with Crippen molar-refractivity contribution in [1.29, 1.82) is 0 Å². The Morgan fingerprint density at radius 2 is 2.21 bits per heavy atom. The molecule has 0 saturated carbocycles. The zero-order valence-electron chi connectivity index (χ0n) is 7.98. The number of nitrogens with zero attached hydrogens (tertiary/aromatic N) is 1. The predicted molar refractivity (Wildman–Crippen MR) is 52.1 cm³/mol. The van der Waals surface area contributed by atoms with E-state index < -0.39 is 0 Å². The molecule has 2 rings (SSSR count). The number of pyridine rings is 1. The van der Waals surface area contributed by atoms with Gasteiger partial charge in [-0.15, -0.1) is 0 Å². The van der Waals surface area contributed by atoms with E-state index in [0.717, 1.165) is 18.4 Å². The summed E-state index contributed by atoms with van der Waals surface area (Å²) in [6.07, 6.45) is 5.00. The topological polar surface area (TPSA) is 39.2 Å². The summed E-state index contributed by atoms with van der Waals surface area (Å²) >= 11 is 0. The summed E-state index contributed by atoms with van der Waals surface area (Å²) < 4.78 is 5.22. The van der Waals surface area contributed by atoms with Crippen LogP contribution < -0.4 is 0 Å². The quantitative estimate of drug-likeness (QED) is 0.668. The Balaban J connectivity index is 2.07. The first kappa shape index (κ1) is 9.34. The molecule has 0 amide bonds. The number of ketones is 1. The number of Topliss-reactive ketones (excluding diaryl/α,β-unsaturated/α-hetero) is 1. The number of carbonyl (C=O) groups is 1. The zero-order valence-corrected chi connectivity index (χ0v) is 7.98. The van der Waals surface area contributed by atoms with Crippen molar-refractivity contribution in [2.45, 2.75) is 12.8 Å². The first-order valence-electron chi connectivity index (χ1n) is 4.90. The Kier molecular flexibility index (Phi) is 2.89. The number of ether oxygens (including phenoxy) is 1. The van der Waals surface area contributed by atoms with Crippen LogP contribution >= 0.6 is 0 Å². The molecule has 1 saturated heterocycles. The molecule has 0 unspecified atom stereocenters. The average Bonchev–Trinajstić information content (AvgIpc) is 2.30. The van der Waals surface area contributed by atoms with E-state index in [9.17, 15) is 4.79 Å². The number of aromatic nitrogens is 1. The van der Waals surface area contributed by atoms with Crippen molar-refractivity contribution in [2.75, 3.05) is 13.2 Å². The molecule has 1 aromatic rings. The van der Waals surface area contributed by atoms with Crippen LogP contribution in [0.3, 0.4) is 0 Å². The molecule has 0 atom stereocenters. The van der Waals surface area contributed by atoms with Gasteiger partial charge in [0.25, 0.3) is 0 Å². The molecule has 0 aromatic carbocycles. The molecule has 0 radical (unpaired) electrons. The SMILES string of the molecule is O=C(c1cccnc1)C1CCOCC1. The minimum Gasteiger partial charge on any atom is -0.381 e. The fourth-order valence-electron chi connectivity index (χ4n) is 1.70. The van der Waals surface area contributed by atoms with E-state index >= 15 is 0 Å². The van der Waals surface area contributed by atoms with E-state index in [1.807, 2.05) is 6.07 Å². The van der Waals surface area contributed by atoms with Crippen LogP contribution in [0.2, 0.25) is 0 Å². The van der Waals surface area contributed by atoms with Gasteiger partial charge in [-0.25, -0.2) is 0 Å². The van der Waals surface area contributed by atoms with Crippen LogP contribution in [0.25, 0.3) is 0 Å². The van der Waals surface area contributed by atoms with Gasteiger partial charge in [0.1, 0.15) is 0 Å². The molecule has 0 N–H and O–H groups in total. The molecule has 74 valence electrons. The first-order chi connectivity index (χ1) is 6.88. The van der Waals surface area contributed by atoms with E-state index in [2.05, 4.69) is 4.98 Å². The van der Waals surface area contributed by atoms with Gasteiger partial charge in [-0.2, -0.15) is 0 Å². The number of rotatable bonds is 2. The Morgan fingerprint density at radius 1 is 1.43 bits per heavy atom. The van der Waals surface area contributed by atoms with Gasteiger partial charge in [-0.3, -0.25) is 9.78 Å². The molecular weight excluding hydrogens is 178 g/mol. The highest BCUT2D eigenvalue weighted by Gasteiger charge is 2.22. The van der Waals surface area contributed by atoms with Crippen molar-refractivity contribution in [2.24, 2.45) is 5.92 Å². The summed E-state index contributed by atoms with van der Waals surface area (Å²) in [6.45, 7) is 1.41. The van der Waals surface area contributed by atoms with Gasteiger partial charge in [0, 0.05) is 37.1 Å². The normalized spacial score (nSPS) is 18.0. The zero-order chi connectivity index (χ0) is 9.80. The Labute approximate surface area is 83.1 Å². The van der Waals surface area contributed by atoms with E-state index in [1.165, 1.54) is 0 Å². The monoisotopic (exact) mass is 191 g/mol. The second-order valence-electron chi connectivity index (χ2n) is 3.49. The van der Waals surface area contributed by atoms with Crippen LogP contribution in [-0.2, 0) is 4.74 Å². The van der Waals surface area contributed by atoms with E-state index in [4.69, 9.17) is 4.74 Å². The third kappa shape index (κ3) is 1.99. The standard InChI is InChI=1S/C11H13NO2/c13-11(9-3-6-14-7-4-9)10-2-1-5-12-8-10/h1-2,5,8-9H,3-4,6-7H2. The van der Waals surface area contributed by atoms with Crippen molar-refractivity contribution in [1.82, 2.24) is 4.98 Å². The van der Waals surface area contributed by atoms with Gasteiger partial charge in [0.05, 0.1) is 0 Å². The van der Waals surface area contributed by atoms with Gasteiger partial charge in [0.2, 0.25) is 0 Å². The fraction of sp³-hybridized carbons (Fsp3) is 0.455. The lowest BCUT2D eigenvalue weighted by molar-refractivity contribution is 0.0544. The Morgan fingerprint density at radius 3 is 2.86 bits per heavy atom. The maximum absolute atomic E-state index is 11.9. The van der Waals surface area contributed by atoms with Crippen molar-refractivity contribution in [3.63, 3.8) is 0 Å². The van der Waals surface area contributed by atoms with Crippen LogP contribution in [0.5, 0.6) is 0 Å². The lowest BCUT2D eigenvalue weighted by atomic mass is 9.92. The van der Waals surface area contributed by atoms with E-state index in [-0.39, 0.29) is 11.7 Å². The van der Waals surface area contributed by atoms with Gasteiger partial charge < -0.3 is 4.74 Å². The van der Waals surface area contributed by atoms with Gasteiger partial charge >= 0.3 is 0 Å². The fourth-order valence-corrected chi connectivity index (χ4v) is 1.70. The highest BCUT2D eigenvalue weighted by Crippen LogP contribution is 2.19. The van der Waals surface area contributed by atoms with Gasteiger partial charge in [-0.1, -0.05) is 0 Å². The maximum Gasteiger partial charge on any atom is 0.167 e. The van der Waals surface area contributed by atoms with Crippen molar-refractivity contribution in [3.8, 4) is 0 Å². The summed E-state index contributed by atoms with van der Waals surface area (Å²) in [7, 11) is 0. The van der Waals surface area contributed by atoms with Crippen LogP contribution in [0, 0.1) is 5.92 Å². The lowest BCUT2D eigenvalue weighted by Gasteiger charge is -2.20. The van der Waals surface area contributed by atoms with Crippen LogP contribution in [-0.4, -0.2) is 24.0 Å². The number of hydrogen-bond acceptors (Lipinski definition) is 3. The Hall–Kier alpha value is -1.22. The van der Waals surface area contributed by atoms with Crippen molar-refractivity contribution < 1.29 is 9.53 Å². The summed E-state index contributed by atoms with van der Waals surface area (Å²) in [5.41, 5.74) is 0.722.